The van der Waals surface area contributed by atoms with Crippen molar-refractivity contribution in [3.05, 3.63) is 65.1 Å². The fourth-order valence-electron chi connectivity index (χ4n) is 2.83. The van der Waals surface area contributed by atoms with Gasteiger partial charge in [-0.25, -0.2) is 5.10 Å². The maximum Gasteiger partial charge on any atom is 0.216 e. The summed E-state index contributed by atoms with van der Waals surface area (Å²) in [6, 6.07) is 15.8. The minimum atomic E-state index is 0.419. The van der Waals surface area contributed by atoms with Gasteiger partial charge in [0.25, 0.3) is 0 Å². The molecule has 26 heavy (non-hydrogen) atoms. The van der Waals surface area contributed by atoms with Gasteiger partial charge in [-0.1, -0.05) is 30.3 Å². The summed E-state index contributed by atoms with van der Waals surface area (Å²) in [4.78, 5) is 3.24. The third-order valence-electron chi connectivity index (χ3n) is 4.01. The molecule has 0 aliphatic carbocycles. The molecule has 2 N–H and O–H groups in total. The Balaban J connectivity index is 1.77. The second-order valence-electron chi connectivity index (χ2n) is 5.63. The van der Waals surface area contributed by atoms with Gasteiger partial charge in [0.1, 0.15) is 5.75 Å². The standard InChI is InChI=1S/C19H17N5OS/c1-2-25-17-10-6-4-8-15(17)18-22-23-19(26)24(18)21-12-13-11-20-16-9-5-3-7-14(13)16/h3-12,20H,2H2,1H3,(H,23,26)/b21-12-. The number of hydrogen-bond acceptors (Lipinski definition) is 4. The van der Waals surface area contributed by atoms with Crippen molar-refractivity contribution in [3.63, 3.8) is 0 Å². The van der Waals surface area contributed by atoms with E-state index in [1.54, 1.807) is 10.9 Å². The minimum absolute atomic E-state index is 0.419. The van der Waals surface area contributed by atoms with Crippen molar-refractivity contribution >= 4 is 29.3 Å². The second-order valence-corrected chi connectivity index (χ2v) is 6.01. The zero-order chi connectivity index (χ0) is 17.9. The minimum Gasteiger partial charge on any atom is -0.493 e. The summed E-state index contributed by atoms with van der Waals surface area (Å²) in [6.45, 7) is 2.52. The van der Waals surface area contributed by atoms with Crippen LogP contribution in [0.4, 0.5) is 0 Å². The Labute approximate surface area is 155 Å². The average molecular weight is 363 g/mol. The predicted molar refractivity (Wildman–Crippen MR) is 105 cm³/mol. The lowest BCUT2D eigenvalue weighted by molar-refractivity contribution is 0.341. The van der Waals surface area contributed by atoms with Crippen molar-refractivity contribution in [1.82, 2.24) is 19.9 Å². The molecule has 0 aliphatic rings. The summed E-state index contributed by atoms with van der Waals surface area (Å²) in [5.74, 6) is 1.35. The van der Waals surface area contributed by atoms with Crippen molar-refractivity contribution in [2.45, 2.75) is 6.92 Å². The maximum atomic E-state index is 5.71. The van der Waals surface area contributed by atoms with Crippen LogP contribution < -0.4 is 4.74 Å². The van der Waals surface area contributed by atoms with Gasteiger partial charge >= 0.3 is 0 Å². The molecule has 7 heteroatoms. The van der Waals surface area contributed by atoms with Gasteiger partial charge in [-0.3, -0.25) is 0 Å². The first-order valence-electron chi connectivity index (χ1n) is 8.28. The van der Waals surface area contributed by atoms with E-state index in [1.165, 1.54) is 0 Å². The number of ether oxygens (including phenoxy) is 1. The Morgan fingerprint density at radius 1 is 1.19 bits per heavy atom. The number of aromatic amines is 2. The summed E-state index contributed by atoms with van der Waals surface area (Å²) in [5.41, 5.74) is 2.87. The van der Waals surface area contributed by atoms with Crippen molar-refractivity contribution in [1.29, 1.82) is 0 Å². The molecule has 4 aromatic rings. The Morgan fingerprint density at radius 3 is 2.88 bits per heavy atom. The highest BCUT2D eigenvalue weighted by molar-refractivity contribution is 7.71. The molecule has 4 rings (SSSR count). The molecule has 2 aromatic heterocycles. The Bertz CT molecular complexity index is 1140. The van der Waals surface area contributed by atoms with E-state index in [9.17, 15) is 0 Å². The van der Waals surface area contributed by atoms with Crippen LogP contribution in [0.25, 0.3) is 22.3 Å². The van der Waals surface area contributed by atoms with Gasteiger partial charge in [-0.15, -0.1) is 0 Å². The Morgan fingerprint density at radius 2 is 2.00 bits per heavy atom. The predicted octanol–water partition coefficient (Wildman–Crippen LogP) is 4.37. The van der Waals surface area contributed by atoms with Gasteiger partial charge in [0.2, 0.25) is 4.77 Å². The molecule has 130 valence electrons. The van der Waals surface area contributed by atoms with E-state index in [0.29, 0.717) is 17.2 Å². The van der Waals surface area contributed by atoms with E-state index in [4.69, 9.17) is 17.0 Å². The molecule has 0 aliphatic heterocycles. The molecule has 0 spiro atoms. The van der Waals surface area contributed by atoms with Gasteiger partial charge < -0.3 is 9.72 Å². The Kier molecular flexibility index (Phi) is 4.37. The highest BCUT2D eigenvalue weighted by atomic mass is 32.1. The molecular weight excluding hydrogens is 346 g/mol. The lowest BCUT2D eigenvalue weighted by Gasteiger charge is -2.08. The summed E-state index contributed by atoms with van der Waals surface area (Å²) >= 11 is 5.35. The lowest BCUT2D eigenvalue weighted by Crippen LogP contribution is -1.99. The molecule has 6 nitrogen and oxygen atoms in total. The number of hydrogen-bond donors (Lipinski definition) is 2. The number of aromatic nitrogens is 4. The van der Waals surface area contributed by atoms with Crippen LogP contribution in [0.5, 0.6) is 5.75 Å². The summed E-state index contributed by atoms with van der Waals surface area (Å²) in [6.07, 6.45) is 3.70. The van der Waals surface area contributed by atoms with E-state index in [1.807, 2.05) is 61.7 Å². The topological polar surface area (TPSA) is 71.0 Å². The van der Waals surface area contributed by atoms with Gasteiger partial charge in [-0.05, 0) is 37.3 Å². The van der Waals surface area contributed by atoms with Crippen LogP contribution in [0.1, 0.15) is 12.5 Å². The molecular formula is C19H17N5OS. The Hall–Kier alpha value is -3.19. The zero-order valence-electron chi connectivity index (χ0n) is 14.1. The lowest BCUT2D eigenvalue weighted by atomic mass is 10.2. The van der Waals surface area contributed by atoms with Gasteiger partial charge in [0.05, 0.1) is 18.4 Å². The molecule has 0 atom stereocenters. The molecule has 0 radical (unpaired) electrons. The zero-order valence-corrected chi connectivity index (χ0v) is 15.0. The number of benzene rings is 2. The van der Waals surface area contributed by atoms with E-state index in [2.05, 4.69) is 20.3 Å². The number of rotatable bonds is 5. The third kappa shape index (κ3) is 2.93. The van der Waals surface area contributed by atoms with Crippen molar-refractivity contribution in [2.75, 3.05) is 6.61 Å². The molecule has 0 fully saturated rings. The van der Waals surface area contributed by atoms with Crippen molar-refractivity contribution in [2.24, 2.45) is 5.10 Å². The summed E-state index contributed by atoms with van der Waals surface area (Å²) < 4.78 is 7.73. The fourth-order valence-corrected chi connectivity index (χ4v) is 3.01. The van der Waals surface area contributed by atoms with Gasteiger partial charge in [-0.2, -0.15) is 14.9 Å². The van der Waals surface area contributed by atoms with Crippen LogP contribution in [-0.2, 0) is 0 Å². The van der Waals surface area contributed by atoms with Crippen LogP contribution in [-0.4, -0.2) is 32.7 Å². The van der Waals surface area contributed by atoms with Gasteiger partial charge in [0.15, 0.2) is 5.82 Å². The van der Waals surface area contributed by atoms with Crippen molar-refractivity contribution in [3.8, 4) is 17.1 Å². The number of para-hydroxylation sites is 2. The third-order valence-corrected chi connectivity index (χ3v) is 4.28. The SMILES string of the molecule is CCOc1ccccc1-c1n[nH]c(=S)n1/N=C\c1c[nH]c2ccccc12. The summed E-state index contributed by atoms with van der Waals surface area (Å²) in [5, 5.41) is 12.8. The molecule has 0 unspecified atom stereocenters. The molecule has 2 heterocycles. The van der Waals surface area contributed by atoms with Crippen LogP contribution in [0.15, 0.2) is 59.8 Å². The van der Waals surface area contributed by atoms with E-state index >= 15 is 0 Å². The quantitative estimate of drug-likeness (QED) is 0.408. The summed E-state index contributed by atoms with van der Waals surface area (Å²) in [7, 11) is 0. The maximum absolute atomic E-state index is 5.71. The first-order chi connectivity index (χ1) is 12.8. The average Bonchev–Trinajstić information content (AvgIpc) is 3.24. The normalized spacial score (nSPS) is 11.4. The smallest absolute Gasteiger partial charge is 0.216 e. The highest BCUT2D eigenvalue weighted by Gasteiger charge is 2.13. The fraction of sp³-hybridized carbons (Fsp3) is 0.105. The van der Waals surface area contributed by atoms with E-state index < -0.39 is 0 Å². The first-order valence-corrected chi connectivity index (χ1v) is 8.69. The van der Waals surface area contributed by atoms with Crippen LogP contribution in [0.2, 0.25) is 0 Å². The number of nitrogens with one attached hydrogen (secondary N) is 2. The largest absolute Gasteiger partial charge is 0.493 e. The molecule has 0 bridgehead atoms. The van der Waals surface area contributed by atoms with Crippen LogP contribution >= 0.6 is 12.2 Å². The van der Waals surface area contributed by atoms with Crippen LogP contribution in [0, 0.1) is 4.77 Å². The van der Waals surface area contributed by atoms with Crippen molar-refractivity contribution < 1.29 is 4.74 Å². The number of H-pyrrole nitrogens is 2. The van der Waals surface area contributed by atoms with Crippen LogP contribution in [0.3, 0.4) is 0 Å². The van der Waals surface area contributed by atoms with E-state index in [0.717, 1.165) is 27.8 Å². The molecule has 0 amide bonds. The first kappa shape index (κ1) is 16.3. The van der Waals surface area contributed by atoms with E-state index in [-0.39, 0.29) is 0 Å². The number of fused-ring (bicyclic) bond motifs is 1. The molecule has 0 saturated heterocycles. The molecule has 2 aromatic carbocycles. The molecule has 0 saturated carbocycles. The highest BCUT2D eigenvalue weighted by Crippen LogP contribution is 2.28. The second kappa shape index (κ2) is 6.97. The van der Waals surface area contributed by atoms with Gasteiger partial charge in [0, 0.05) is 22.7 Å². The number of nitrogens with zero attached hydrogens (tertiary/aromatic N) is 3. The monoisotopic (exact) mass is 363 g/mol.